The fourth-order valence-corrected chi connectivity index (χ4v) is 4.37. The number of anilines is 1. The van der Waals surface area contributed by atoms with Crippen LogP contribution in [0.5, 0.6) is 6.01 Å². The lowest BCUT2D eigenvalue weighted by Gasteiger charge is -2.15. The van der Waals surface area contributed by atoms with Gasteiger partial charge < -0.3 is 10.5 Å². The Kier molecular flexibility index (Phi) is 3.70. The molecule has 0 saturated heterocycles. The molecule has 7 heteroatoms. The highest BCUT2D eigenvalue weighted by atomic mass is 16.5. The van der Waals surface area contributed by atoms with Gasteiger partial charge in [0.25, 0.3) is 0 Å². The number of carbonyl (C=O) groups excluding carboxylic acids is 1. The van der Waals surface area contributed by atoms with Gasteiger partial charge in [0, 0.05) is 25.4 Å². The summed E-state index contributed by atoms with van der Waals surface area (Å²) in [6, 6.07) is 2.24. The van der Waals surface area contributed by atoms with Gasteiger partial charge in [-0.05, 0) is 43.6 Å². The number of ether oxygens (including phenoxy) is 1. The zero-order valence-electron chi connectivity index (χ0n) is 13.6. The van der Waals surface area contributed by atoms with Gasteiger partial charge in [0.2, 0.25) is 0 Å². The van der Waals surface area contributed by atoms with Crippen molar-refractivity contribution in [2.75, 3.05) is 5.73 Å². The summed E-state index contributed by atoms with van der Waals surface area (Å²) in [7, 11) is 1.78. The Balaban J connectivity index is 1.43. The van der Waals surface area contributed by atoms with Crippen LogP contribution in [0.1, 0.15) is 47.7 Å². The van der Waals surface area contributed by atoms with Crippen LogP contribution in [0.3, 0.4) is 0 Å². The fourth-order valence-electron chi connectivity index (χ4n) is 4.37. The van der Waals surface area contributed by atoms with E-state index in [1.165, 1.54) is 0 Å². The summed E-state index contributed by atoms with van der Waals surface area (Å²) in [5.74, 6) is 1.98. The third kappa shape index (κ3) is 2.53. The highest BCUT2D eigenvalue weighted by molar-refractivity contribution is 5.83. The molecule has 7 nitrogen and oxygen atoms in total. The summed E-state index contributed by atoms with van der Waals surface area (Å²) in [4.78, 5) is 19.6. The van der Waals surface area contributed by atoms with Crippen LogP contribution in [0, 0.1) is 11.8 Å². The van der Waals surface area contributed by atoms with Gasteiger partial charge in [-0.25, -0.2) is 9.97 Å². The maximum Gasteiger partial charge on any atom is 0.316 e. The second kappa shape index (κ2) is 5.89. The van der Waals surface area contributed by atoms with Crippen LogP contribution in [0.4, 0.5) is 5.82 Å². The summed E-state index contributed by atoms with van der Waals surface area (Å²) in [5, 5.41) is 4.49. The number of hydrogen-bond donors (Lipinski definition) is 1. The zero-order chi connectivity index (χ0) is 16.7. The van der Waals surface area contributed by atoms with E-state index in [1.54, 1.807) is 30.2 Å². The van der Waals surface area contributed by atoms with Gasteiger partial charge in [-0.15, -0.1) is 0 Å². The molecule has 24 heavy (non-hydrogen) atoms. The molecule has 2 aromatic heterocycles. The van der Waals surface area contributed by atoms with Crippen molar-refractivity contribution >= 4 is 12.1 Å². The number of aryl methyl sites for hydroxylation is 1. The van der Waals surface area contributed by atoms with Crippen LogP contribution in [-0.2, 0) is 7.05 Å². The summed E-state index contributed by atoms with van der Waals surface area (Å²) in [6.45, 7) is 0. The van der Waals surface area contributed by atoms with Crippen molar-refractivity contribution in [2.45, 2.75) is 37.7 Å². The van der Waals surface area contributed by atoms with E-state index < -0.39 is 0 Å². The molecule has 0 aromatic carbocycles. The molecule has 2 aliphatic rings. The number of aldehydes is 1. The Hall–Kier alpha value is -2.44. The molecule has 0 radical (unpaired) electrons. The third-order valence-electron chi connectivity index (χ3n) is 5.45. The minimum absolute atomic E-state index is 0.183. The number of nitrogen functional groups attached to an aromatic ring is 1. The van der Waals surface area contributed by atoms with Crippen molar-refractivity contribution < 1.29 is 9.53 Å². The normalized spacial score (nSPS) is 28.7. The molecule has 2 N–H and O–H groups in total. The van der Waals surface area contributed by atoms with Crippen molar-refractivity contribution in [2.24, 2.45) is 18.9 Å². The molecule has 2 aliphatic carbocycles. The molecule has 0 bridgehead atoms. The van der Waals surface area contributed by atoms with Crippen LogP contribution in [0.15, 0.2) is 18.5 Å². The number of aromatic nitrogens is 4. The average molecular weight is 327 g/mol. The standard InChI is InChI=1S/C17H21N5O2/c1-22-16(18)14(9-23)15(21-22)12-5-10-7-13(8-11(10)6-12)24-17-19-3-2-4-20-17/h2-4,9-13H,5-8,18H2,1H3. The monoisotopic (exact) mass is 327 g/mol. The Morgan fingerprint density at radius 1 is 1.21 bits per heavy atom. The van der Waals surface area contributed by atoms with Crippen LogP contribution in [-0.4, -0.2) is 32.1 Å². The van der Waals surface area contributed by atoms with Crippen molar-refractivity contribution in [3.05, 3.63) is 29.7 Å². The summed E-state index contributed by atoms with van der Waals surface area (Å²) >= 11 is 0. The largest absolute Gasteiger partial charge is 0.460 e. The van der Waals surface area contributed by atoms with Gasteiger partial charge >= 0.3 is 6.01 Å². The third-order valence-corrected chi connectivity index (χ3v) is 5.45. The Morgan fingerprint density at radius 2 is 1.88 bits per heavy atom. The molecule has 2 atom stereocenters. The molecular weight excluding hydrogens is 306 g/mol. The van der Waals surface area contributed by atoms with Crippen molar-refractivity contribution in [1.29, 1.82) is 0 Å². The SMILES string of the molecule is Cn1nc(C2CC3CC(Oc4ncccn4)CC3C2)c(C=O)c1N. The zero-order valence-corrected chi connectivity index (χ0v) is 13.6. The van der Waals surface area contributed by atoms with Crippen LogP contribution in [0.2, 0.25) is 0 Å². The minimum Gasteiger partial charge on any atom is -0.460 e. The van der Waals surface area contributed by atoms with Gasteiger partial charge in [-0.1, -0.05) is 0 Å². The number of fused-ring (bicyclic) bond motifs is 1. The van der Waals surface area contributed by atoms with Crippen molar-refractivity contribution in [3.63, 3.8) is 0 Å². The molecule has 2 aromatic rings. The average Bonchev–Trinajstić information content (AvgIpc) is 3.21. The lowest BCUT2D eigenvalue weighted by atomic mass is 9.96. The second-order valence-electron chi connectivity index (χ2n) is 6.86. The maximum absolute atomic E-state index is 11.4. The summed E-state index contributed by atoms with van der Waals surface area (Å²) < 4.78 is 7.51. The van der Waals surface area contributed by atoms with Gasteiger partial charge in [0.05, 0.1) is 11.3 Å². The summed E-state index contributed by atoms with van der Waals surface area (Å²) in [6.07, 6.45) is 8.51. The molecule has 0 aliphatic heterocycles. The highest BCUT2D eigenvalue weighted by Gasteiger charge is 2.44. The molecule has 2 unspecified atom stereocenters. The number of nitrogens with zero attached hydrogens (tertiary/aromatic N) is 4. The van der Waals surface area contributed by atoms with Gasteiger partial charge in [-0.2, -0.15) is 5.10 Å². The van der Waals surface area contributed by atoms with Crippen molar-refractivity contribution in [1.82, 2.24) is 19.7 Å². The van der Waals surface area contributed by atoms with E-state index in [1.807, 2.05) is 0 Å². The first-order chi connectivity index (χ1) is 11.7. The van der Waals surface area contributed by atoms with Crippen LogP contribution >= 0.6 is 0 Å². The molecule has 4 rings (SSSR count). The van der Waals surface area contributed by atoms with Crippen LogP contribution in [0.25, 0.3) is 0 Å². The van der Waals surface area contributed by atoms with Gasteiger partial charge in [0.1, 0.15) is 11.9 Å². The predicted octanol–water partition coefficient (Wildman–Crippen LogP) is 1.96. The second-order valence-corrected chi connectivity index (χ2v) is 6.86. The first-order valence-corrected chi connectivity index (χ1v) is 8.37. The van der Waals surface area contributed by atoms with E-state index in [2.05, 4.69) is 15.1 Å². The number of rotatable bonds is 4. The smallest absolute Gasteiger partial charge is 0.316 e. The molecule has 2 saturated carbocycles. The van der Waals surface area contributed by atoms with E-state index >= 15 is 0 Å². The van der Waals surface area contributed by atoms with Crippen LogP contribution < -0.4 is 10.5 Å². The van der Waals surface area contributed by atoms with E-state index in [4.69, 9.17) is 10.5 Å². The van der Waals surface area contributed by atoms with E-state index in [-0.39, 0.29) is 6.10 Å². The molecule has 0 amide bonds. The van der Waals surface area contributed by atoms with Crippen molar-refractivity contribution in [3.8, 4) is 6.01 Å². The molecular formula is C17H21N5O2. The lowest BCUT2D eigenvalue weighted by molar-refractivity contribution is 0.112. The molecule has 126 valence electrons. The Labute approximate surface area is 140 Å². The summed E-state index contributed by atoms with van der Waals surface area (Å²) in [5.41, 5.74) is 7.37. The maximum atomic E-state index is 11.4. The molecule has 2 heterocycles. The number of hydrogen-bond acceptors (Lipinski definition) is 6. The molecule has 2 fully saturated rings. The Morgan fingerprint density at radius 3 is 2.50 bits per heavy atom. The number of nitrogens with two attached hydrogens (primary N) is 1. The van der Waals surface area contributed by atoms with E-state index in [9.17, 15) is 4.79 Å². The minimum atomic E-state index is 0.183. The molecule has 0 spiro atoms. The van der Waals surface area contributed by atoms with Gasteiger partial charge in [-0.3, -0.25) is 9.48 Å². The fraction of sp³-hybridized carbons (Fsp3) is 0.529. The van der Waals surface area contributed by atoms with E-state index in [0.29, 0.717) is 35.1 Å². The van der Waals surface area contributed by atoms with Gasteiger partial charge in [0.15, 0.2) is 6.29 Å². The first kappa shape index (κ1) is 15.1. The quantitative estimate of drug-likeness (QED) is 0.862. The lowest BCUT2D eigenvalue weighted by Crippen LogP contribution is -2.15. The topological polar surface area (TPSA) is 95.9 Å². The number of carbonyl (C=O) groups is 1. The Bertz CT molecular complexity index is 731. The van der Waals surface area contributed by atoms with E-state index in [0.717, 1.165) is 37.7 Å². The first-order valence-electron chi connectivity index (χ1n) is 8.37. The predicted molar refractivity (Wildman–Crippen MR) is 87.6 cm³/mol. The highest BCUT2D eigenvalue weighted by Crippen LogP contribution is 2.51.